The molecular weight excluding hydrogens is 376 g/mol. The van der Waals surface area contributed by atoms with E-state index in [2.05, 4.69) is 37.2 Å². The van der Waals surface area contributed by atoms with Gasteiger partial charge in [-0.05, 0) is 44.8 Å². The Kier molecular flexibility index (Phi) is 9.03. The van der Waals surface area contributed by atoms with Crippen molar-refractivity contribution in [2.45, 2.75) is 19.6 Å². The molecule has 0 aliphatic carbocycles. The Morgan fingerprint density at radius 3 is 2.81 bits per heavy atom. The molecular formula is C18H28ClF2N5O. The summed E-state index contributed by atoms with van der Waals surface area (Å²) in [5.41, 5.74) is 0.543. The third-order valence-corrected chi connectivity index (χ3v) is 4.68. The molecule has 2 N–H and O–H groups in total. The second-order valence-corrected chi connectivity index (χ2v) is 6.92. The Hall–Kier alpha value is -1.64. The molecule has 0 saturated carbocycles. The molecule has 2 rings (SSSR count). The lowest BCUT2D eigenvalue weighted by molar-refractivity contribution is -0.0504. The van der Waals surface area contributed by atoms with E-state index in [0.717, 1.165) is 39.3 Å². The van der Waals surface area contributed by atoms with Crippen molar-refractivity contribution in [3.63, 3.8) is 0 Å². The molecule has 0 atom stereocenters. The molecule has 0 unspecified atom stereocenters. The minimum Gasteiger partial charge on any atom is -0.434 e. The predicted molar refractivity (Wildman–Crippen MR) is 105 cm³/mol. The minimum absolute atomic E-state index is 0.103. The molecule has 27 heavy (non-hydrogen) atoms. The summed E-state index contributed by atoms with van der Waals surface area (Å²) >= 11 is 5.97. The zero-order valence-electron chi connectivity index (χ0n) is 15.9. The maximum absolute atomic E-state index is 12.5. The van der Waals surface area contributed by atoms with E-state index in [1.54, 1.807) is 13.1 Å². The normalized spacial score (nSPS) is 17.0. The molecule has 152 valence electrons. The van der Waals surface area contributed by atoms with Crippen LogP contribution in [0.2, 0.25) is 5.02 Å². The summed E-state index contributed by atoms with van der Waals surface area (Å²) in [6, 6.07) is 4.57. The van der Waals surface area contributed by atoms with Gasteiger partial charge >= 0.3 is 6.61 Å². The van der Waals surface area contributed by atoms with E-state index in [1.165, 1.54) is 18.6 Å². The largest absolute Gasteiger partial charge is 0.434 e. The highest BCUT2D eigenvalue weighted by atomic mass is 35.5. The highest BCUT2D eigenvalue weighted by Gasteiger charge is 2.13. The van der Waals surface area contributed by atoms with Crippen LogP contribution in [0.15, 0.2) is 23.2 Å². The number of likely N-dealkylation sites (N-methyl/N-ethyl adjacent to an activating group) is 1. The number of ether oxygens (including phenoxy) is 1. The fourth-order valence-electron chi connectivity index (χ4n) is 2.95. The van der Waals surface area contributed by atoms with Crippen LogP contribution < -0.4 is 15.4 Å². The lowest BCUT2D eigenvalue weighted by Crippen LogP contribution is -2.42. The van der Waals surface area contributed by atoms with E-state index in [9.17, 15) is 8.78 Å². The van der Waals surface area contributed by atoms with Gasteiger partial charge in [-0.1, -0.05) is 11.6 Å². The molecule has 0 aromatic heterocycles. The first-order valence-electron chi connectivity index (χ1n) is 9.06. The maximum atomic E-state index is 12.5. The number of nitrogens with one attached hydrogen (secondary N) is 2. The lowest BCUT2D eigenvalue weighted by Gasteiger charge is -2.21. The van der Waals surface area contributed by atoms with Crippen molar-refractivity contribution in [2.75, 3.05) is 53.4 Å². The summed E-state index contributed by atoms with van der Waals surface area (Å²) in [5, 5.41) is 6.83. The zero-order chi connectivity index (χ0) is 19.6. The second kappa shape index (κ2) is 11.3. The monoisotopic (exact) mass is 403 g/mol. The predicted octanol–water partition coefficient (Wildman–Crippen LogP) is 2.24. The van der Waals surface area contributed by atoms with Crippen LogP contribution in [0.1, 0.15) is 12.0 Å². The second-order valence-electron chi connectivity index (χ2n) is 6.48. The van der Waals surface area contributed by atoms with Crippen molar-refractivity contribution in [2.24, 2.45) is 4.99 Å². The van der Waals surface area contributed by atoms with Gasteiger partial charge in [0, 0.05) is 50.4 Å². The number of hydrogen-bond donors (Lipinski definition) is 2. The fraction of sp³-hybridized carbons (Fsp3) is 0.611. The molecule has 1 heterocycles. The SMILES string of the molecule is CN=C(NCCN1CCCN(C)CC1)NCc1cc(Cl)ccc1OC(F)F. The van der Waals surface area contributed by atoms with Crippen LogP contribution in [0.5, 0.6) is 5.75 Å². The van der Waals surface area contributed by atoms with Crippen LogP contribution in [0.3, 0.4) is 0 Å². The number of alkyl halides is 2. The van der Waals surface area contributed by atoms with Gasteiger partial charge in [0.1, 0.15) is 5.75 Å². The van der Waals surface area contributed by atoms with Gasteiger partial charge in [-0.15, -0.1) is 0 Å². The van der Waals surface area contributed by atoms with Gasteiger partial charge in [-0.2, -0.15) is 8.78 Å². The Bertz CT molecular complexity index is 617. The molecule has 1 aliphatic rings. The van der Waals surface area contributed by atoms with Gasteiger partial charge in [-0.25, -0.2) is 0 Å². The van der Waals surface area contributed by atoms with Crippen molar-refractivity contribution >= 4 is 17.6 Å². The Morgan fingerprint density at radius 1 is 1.26 bits per heavy atom. The molecule has 1 aliphatic heterocycles. The Morgan fingerprint density at radius 2 is 2.07 bits per heavy atom. The standard InChI is InChI=1S/C18H28ClF2N5O/c1-22-18(23-6-9-26-8-3-7-25(2)10-11-26)24-13-14-12-15(19)4-5-16(14)27-17(20)21/h4-5,12,17H,3,6-11,13H2,1-2H3,(H2,22,23,24). The van der Waals surface area contributed by atoms with E-state index < -0.39 is 6.61 Å². The van der Waals surface area contributed by atoms with E-state index in [0.29, 0.717) is 16.5 Å². The van der Waals surface area contributed by atoms with Crippen molar-refractivity contribution in [3.8, 4) is 5.75 Å². The smallest absolute Gasteiger partial charge is 0.387 e. The van der Waals surface area contributed by atoms with E-state index in [4.69, 9.17) is 11.6 Å². The van der Waals surface area contributed by atoms with E-state index in [-0.39, 0.29) is 12.3 Å². The number of halogens is 3. The third kappa shape index (κ3) is 7.86. The lowest BCUT2D eigenvalue weighted by atomic mass is 10.2. The van der Waals surface area contributed by atoms with Crippen LogP contribution in [-0.4, -0.2) is 75.7 Å². The molecule has 1 saturated heterocycles. The molecule has 0 bridgehead atoms. The first-order chi connectivity index (χ1) is 13.0. The van der Waals surface area contributed by atoms with Crippen LogP contribution >= 0.6 is 11.6 Å². The number of rotatable bonds is 7. The topological polar surface area (TPSA) is 52.1 Å². The van der Waals surface area contributed by atoms with Crippen molar-refractivity contribution in [1.82, 2.24) is 20.4 Å². The summed E-state index contributed by atoms with van der Waals surface area (Å²) < 4.78 is 29.6. The first kappa shape index (κ1) is 21.7. The molecule has 1 aromatic carbocycles. The Labute approximate surface area is 164 Å². The number of benzene rings is 1. The Balaban J connectivity index is 1.81. The van der Waals surface area contributed by atoms with Gasteiger partial charge in [0.2, 0.25) is 0 Å². The van der Waals surface area contributed by atoms with Crippen molar-refractivity contribution < 1.29 is 13.5 Å². The van der Waals surface area contributed by atoms with Crippen LogP contribution in [-0.2, 0) is 6.54 Å². The van der Waals surface area contributed by atoms with Gasteiger partial charge < -0.3 is 25.2 Å². The molecule has 9 heteroatoms. The average molecular weight is 404 g/mol. The summed E-state index contributed by atoms with van der Waals surface area (Å²) in [6.45, 7) is 3.43. The highest BCUT2D eigenvalue weighted by molar-refractivity contribution is 6.30. The van der Waals surface area contributed by atoms with E-state index in [1.807, 2.05) is 0 Å². The zero-order valence-corrected chi connectivity index (χ0v) is 16.6. The first-order valence-corrected chi connectivity index (χ1v) is 9.44. The van der Waals surface area contributed by atoms with Gasteiger partial charge in [-0.3, -0.25) is 4.99 Å². The third-order valence-electron chi connectivity index (χ3n) is 4.44. The highest BCUT2D eigenvalue weighted by Crippen LogP contribution is 2.24. The molecule has 0 amide bonds. The van der Waals surface area contributed by atoms with Gasteiger partial charge in [0.15, 0.2) is 5.96 Å². The number of hydrogen-bond acceptors (Lipinski definition) is 4. The maximum Gasteiger partial charge on any atom is 0.387 e. The fourth-order valence-corrected chi connectivity index (χ4v) is 3.15. The van der Waals surface area contributed by atoms with Crippen molar-refractivity contribution in [1.29, 1.82) is 0 Å². The van der Waals surface area contributed by atoms with Crippen molar-refractivity contribution in [3.05, 3.63) is 28.8 Å². The summed E-state index contributed by atoms with van der Waals surface area (Å²) in [7, 11) is 3.82. The van der Waals surface area contributed by atoms with Crippen LogP contribution in [0.25, 0.3) is 0 Å². The molecule has 1 aromatic rings. The summed E-state index contributed by atoms with van der Waals surface area (Å²) in [4.78, 5) is 8.95. The van der Waals surface area contributed by atoms with Crippen LogP contribution in [0, 0.1) is 0 Å². The molecule has 0 spiro atoms. The van der Waals surface area contributed by atoms with Gasteiger partial charge in [0.25, 0.3) is 0 Å². The quantitative estimate of drug-likeness (QED) is 0.540. The summed E-state index contributed by atoms with van der Waals surface area (Å²) in [6.07, 6.45) is 1.17. The number of nitrogens with zero attached hydrogens (tertiary/aromatic N) is 3. The molecule has 1 fully saturated rings. The van der Waals surface area contributed by atoms with Gasteiger partial charge in [0.05, 0.1) is 0 Å². The van der Waals surface area contributed by atoms with Crippen LogP contribution in [0.4, 0.5) is 8.78 Å². The van der Waals surface area contributed by atoms with E-state index >= 15 is 0 Å². The summed E-state index contributed by atoms with van der Waals surface area (Å²) in [5.74, 6) is 0.705. The molecule has 6 nitrogen and oxygen atoms in total. The number of guanidine groups is 1. The number of aliphatic imine (C=N–C) groups is 1. The minimum atomic E-state index is -2.88. The average Bonchev–Trinajstić information content (AvgIpc) is 2.84. The molecule has 0 radical (unpaired) electrons.